The first-order valence-corrected chi connectivity index (χ1v) is 12.2. The Morgan fingerprint density at radius 1 is 0.618 bits per heavy atom. The van der Waals surface area contributed by atoms with Gasteiger partial charge in [-0.1, -0.05) is 92.7 Å². The summed E-state index contributed by atoms with van der Waals surface area (Å²) in [5.74, 6) is 0. The van der Waals surface area contributed by atoms with E-state index in [1.807, 2.05) is 0 Å². The van der Waals surface area contributed by atoms with Crippen molar-refractivity contribution in [1.82, 2.24) is 0 Å². The van der Waals surface area contributed by atoms with Crippen molar-refractivity contribution in [2.75, 3.05) is 4.90 Å². The molecule has 0 aliphatic heterocycles. The van der Waals surface area contributed by atoms with Crippen LogP contribution in [0.1, 0.15) is 43.4 Å². The topological polar surface area (TPSA) is 3.24 Å². The van der Waals surface area contributed by atoms with Crippen molar-refractivity contribution in [2.24, 2.45) is 0 Å². The predicted molar refractivity (Wildman–Crippen MR) is 145 cm³/mol. The Hall–Kier alpha value is -3.84. The van der Waals surface area contributed by atoms with Gasteiger partial charge < -0.3 is 4.90 Å². The Morgan fingerprint density at radius 3 is 2.06 bits per heavy atom. The summed E-state index contributed by atoms with van der Waals surface area (Å²) < 4.78 is 0. The molecule has 2 aliphatic carbocycles. The highest BCUT2D eigenvalue weighted by Crippen LogP contribution is 2.50. The number of para-hydroxylation sites is 1. The highest BCUT2D eigenvalue weighted by atomic mass is 15.1. The van der Waals surface area contributed by atoms with Crippen molar-refractivity contribution in [3.05, 3.63) is 132 Å². The lowest BCUT2D eigenvalue weighted by Gasteiger charge is -2.28. The van der Waals surface area contributed by atoms with E-state index in [4.69, 9.17) is 0 Å². The minimum atomic E-state index is -0.0199. The fourth-order valence-electron chi connectivity index (χ4n) is 5.49. The minimum Gasteiger partial charge on any atom is -0.310 e. The molecule has 34 heavy (non-hydrogen) atoms. The molecule has 0 saturated carbocycles. The van der Waals surface area contributed by atoms with E-state index in [2.05, 4.69) is 134 Å². The fourth-order valence-corrected chi connectivity index (χ4v) is 5.49. The summed E-state index contributed by atoms with van der Waals surface area (Å²) in [5.41, 5.74) is 11.6. The highest BCUT2D eigenvalue weighted by Gasteiger charge is 2.35. The second-order valence-electron chi connectivity index (χ2n) is 9.76. The number of rotatable bonds is 4. The van der Waals surface area contributed by atoms with Crippen LogP contribution in [0, 0.1) is 0 Å². The van der Waals surface area contributed by atoms with E-state index in [1.165, 1.54) is 50.5 Å². The third-order valence-corrected chi connectivity index (χ3v) is 7.29. The van der Waals surface area contributed by atoms with Crippen LogP contribution in [0.3, 0.4) is 0 Å². The van der Waals surface area contributed by atoms with Gasteiger partial charge in [-0.2, -0.15) is 0 Å². The van der Waals surface area contributed by atoms with Gasteiger partial charge >= 0.3 is 0 Å². The average Bonchev–Trinajstić information content (AvgIpc) is 3.12. The molecular weight excluding hydrogens is 410 g/mol. The van der Waals surface area contributed by atoms with Crippen LogP contribution < -0.4 is 4.90 Å². The van der Waals surface area contributed by atoms with Gasteiger partial charge in [0.1, 0.15) is 0 Å². The number of hydrogen-bond donors (Lipinski definition) is 0. The second-order valence-corrected chi connectivity index (χ2v) is 9.76. The van der Waals surface area contributed by atoms with E-state index < -0.39 is 0 Å². The molecule has 0 spiro atoms. The molecular formula is C33H29N. The normalized spacial score (nSPS) is 15.4. The molecule has 4 aromatic carbocycles. The van der Waals surface area contributed by atoms with Crippen LogP contribution in [-0.4, -0.2) is 0 Å². The summed E-state index contributed by atoms with van der Waals surface area (Å²) in [6, 6.07) is 35.5. The van der Waals surface area contributed by atoms with Crippen LogP contribution in [0.15, 0.2) is 115 Å². The predicted octanol–water partition coefficient (Wildman–Crippen LogP) is 9.20. The Morgan fingerprint density at radius 2 is 1.29 bits per heavy atom. The van der Waals surface area contributed by atoms with Crippen LogP contribution in [0.5, 0.6) is 0 Å². The van der Waals surface area contributed by atoms with Crippen LogP contribution in [0.25, 0.3) is 16.7 Å². The molecule has 1 heteroatoms. The first-order valence-electron chi connectivity index (χ1n) is 12.2. The zero-order chi connectivity index (χ0) is 23.1. The number of hydrogen-bond acceptors (Lipinski definition) is 1. The third kappa shape index (κ3) is 3.40. The quantitative estimate of drug-likeness (QED) is 0.306. The Balaban J connectivity index is 1.46. The summed E-state index contributed by atoms with van der Waals surface area (Å²) in [6.45, 7) is 4.68. The number of nitrogens with zero attached hydrogens (tertiary/aromatic N) is 1. The van der Waals surface area contributed by atoms with Gasteiger partial charge in [-0.15, -0.1) is 0 Å². The summed E-state index contributed by atoms with van der Waals surface area (Å²) in [7, 11) is 0. The van der Waals surface area contributed by atoms with Gasteiger partial charge in [-0.25, -0.2) is 0 Å². The zero-order valence-corrected chi connectivity index (χ0v) is 19.8. The van der Waals surface area contributed by atoms with Gasteiger partial charge in [0.25, 0.3) is 0 Å². The summed E-state index contributed by atoms with van der Waals surface area (Å²) >= 11 is 0. The fraction of sp³-hybridized carbons (Fsp3) is 0.152. The van der Waals surface area contributed by atoms with Crippen molar-refractivity contribution in [3.63, 3.8) is 0 Å². The molecule has 4 aromatic rings. The lowest BCUT2D eigenvalue weighted by Crippen LogP contribution is -2.16. The minimum absolute atomic E-state index is 0.0199. The summed E-state index contributed by atoms with van der Waals surface area (Å²) in [6.07, 6.45) is 9.11. The van der Waals surface area contributed by atoms with E-state index in [0.29, 0.717) is 0 Å². The van der Waals surface area contributed by atoms with E-state index >= 15 is 0 Å². The molecule has 0 heterocycles. The van der Waals surface area contributed by atoms with Crippen LogP contribution >= 0.6 is 0 Å². The molecule has 0 atom stereocenters. The van der Waals surface area contributed by atoms with Crippen molar-refractivity contribution >= 4 is 22.6 Å². The van der Waals surface area contributed by atoms with Gasteiger partial charge in [0, 0.05) is 22.5 Å². The number of allylic oxidation sites excluding steroid dienone is 4. The molecule has 2 aliphatic rings. The average molecular weight is 440 g/mol. The molecule has 1 nitrogen and oxygen atoms in total. The van der Waals surface area contributed by atoms with Crippen molar-refractivity contribution in [2.45, 2.75) is 32.1 Å². The molecule has 0 unspecified atom stereocenters. The maximum atomic E-state index is 2.39. The molecule has 0 fully saturated rings. The smallest absolute Gasteiger partial charge is 0.0465 e. The zero-order valence-electron chi connectivity index (χ0n) is 19.8. The maximum Gasteiger partial charge on any atom is 0.0465 e. The number of benzene rings is 4. The molecule has 0 bridgehead atoms. The summed E-state index contributed by atoms with van der Waals surface area (Å²) in [4.78, 5) is 2.37. The molecule has 166 valence electrons. The Labute approximate surface area is 202 Å². The molecule has 0 N–H and O–H groups in total. The second kappa shape index (κ2) is 8.18. The van der Waals surface area contributed by atoms with Crippen LogP contribution in [-0.2, 0) is 5.41 Å². The maximum absolute atomic E-state index is 2.39. The van der Waals surface area contributed by atoms with Gasteiger partial charge in [0.05, 0.1) is 0 Å². The monoisotopic (exact) mass is 439 g/mol. The summed E-state index contributed by atoms with van der Waals surface area (Å²) in [5, 5.41) is 0. The third-order valence-electron chi connectivity index (χ3n) is 7.29. The van der Waals surface area contributed by atoms with Gasteiger partial charge in [-0.3, -0.25) is 0 Å². The lowest BCUT2D eigenvalue weighted by atomic mass is 9.82. The first-order chi connectivity index (χ1) is 16.6. The van der Waals surface area contributed by atoms with E-state index in [-0.39, 0.29) is 5.41 Å². The standard InChI is InChI=1S/C33H29N/c1-33(2)31-16-10-9-15-29(31)30-22-21-28(23-32(30)33)34(26-13-7-4-8-14-26)27-19-17-25(18-20-27)24-11-5-3-6-12-24/h4-5,7-23H,3,6H2,1-2H3. The van der Waals surface area contributed by atoms with E-state index in [9.17, 15) is 0 Å². The number of fused-ring (bicyclic) bond motifs is 3. The molecule has 0 saturated heterocycles. The van der Waals surface area contributed by atoms with Gasteiger partial charge in [0.15, 0.2) is 0 Å². The van der Waals surface area contributed by atoms with Gasteiger partial charge in [-0.05, 0) is 82.6 Å². The van der Waals surface area contributed by atoms with Crippen molar-refractivity contribution in [1.29, 1.82) is 0 Å². The molecule has 6 rings (SSSR count). The largest absolute Gasteiger partial charge is 0.310 e. The van der Waals surface area contributed by atoms with E-state index in [1.54, 1.807) is 0 Å². The van der Waals surface area contributed by atoms with Crippen LogP contribution in [0.2, 0.25) is 0 Å². The lowest BCUT2D eigenvalue weighted by molar-refractivity contribution is 0.660. The first kappa shape index (κ1) is 20.7. The Bertz CT molecular complexity index is 1400. The molecule has 0 radical (unpaired) electrons. The molecule has 0 amide bonds. The van der Waals surface area contributed by atoms with Crippen molar-refractivity contribution < 1.29 is 0 Å². The van der Waals surface area contributed by atoms with Crippen LogP contribution in [0.4, 0.5) is 17.1 Å². The van der Waals surface area contributed by atoms with Crippen molar-refractivity contribution in [3.8, 4) is 11.1 Å². The SMILES string of the molecule is CC1(C)c2ccccc2-c2ccc(N(c3ccccc3)c3ccc(C4=CCCC=C4)cc3)cc21. The highest BCUT2D eigenvalue weighted by molar-refractivity contribution is 5.86. The number of anilines is 3. The van der Waals surface area contributed by atoms with E-state index in [0.717, 1.165) is 12.8 Å². The van der Waals surface area contributed by atoms with Gasteiger partial charge in [0.2, 0.25) is 0 Å². The Kier molecular flexibility index (Phi) is 4.99. The molecule has 0 aromatic heterocycles.